The van der Waals surface area contributed by atoms with E-state index in [1.807, 2.05) is 31.2 Å². The Bertz CT molecular complexity index is 973. The number of rotatable bonds is 4. The van der Waals surface area contributed by atoms with Crippen molar-refractivity contribution in [1.82, 2.24) is 4.57 Å². The molecule has 1 heterocycles. The van der Waals surface area contributed by atoms with E-state index >= 15 is 0 Å². The molecule has 4 heteroatoms. The summed E-state index contributed by atoms with van der Waals surface area (Å²) in [6.07, 6.45) is 3.44. The Labute approximate surface area is 153 Å². The predicted molar refractivity (Wildman–Crippen MR) is 103 cm³/mol. The zero-order valence-corrected chi connectivity index (χ0v) is 15.0. The van der Waals surface area contributed by atoms with Crippen molar-refractivity contribution in [3.63, 3.8) is 0 Å². The summed E-state index contributed by atoms with van der Waals surface area (Å²) in [5.74, 6) is -0.248. The lowest BCUT2D eigenvalue weighted by molar-refractivity contribution is -0.119. The molecule has 1 aliphatic rings. The Hall–Kier alpha value is -2.75. The van der Waals surface area contributed by atoms with Gasteiger partial charge in [0, 0.05) is 23.1 Å². The van der Waals surface area contributed by atoms with Gasteiger partial charge in [-0.25, -0.2) is 0 Å². The average Bonchev–Trinajstić information content (AvgIpc) is 2.95. The standard InChI is InChI=1S/C22H24N2O2/c1-2-15-11-19-17(12-20(15)25)21-16(22(23)26)9-6-10-18(21)24(19)13-14-7-4-3-5-8-14/h3-5,7-8,11-12,16,25H,2,6,9-10,13H2,1H3,(H2,23,26)/t16-/m0/s1. The molecule has 1 aliphatic carbocycles. The highest BCUT2D eigenvalue weighted by atomic mass is 16.3. The van der Waals surface area contributed by atoms with Crippen molar-refractivity contribution in [3.05, 3.63) is 64.8 Å². The first kappa shape index (κ1) is 16.7. The van der Waals surface area contributed by atoms with E-state index in [-0.39, 0.29) is 11.8 Å². The Kier molecular flexibility index (Phi) is 4.19. The summed E-state index contributed by atoms with van der Waals surface area (Å²) in [6, 6.07) is 14.2. The summed E-state index contributed by atoms with van der Waals surface area (Å²) in [7, 11) is 0. The quantitative estimate of drug-likeness (QED) is 0.752. The number of carbonyl (C=O) groups is 1. The number of aryl methyl sites for hydroxylation is 1. The van der Waals surface area contributed by atoms with Crippen LogP contribution in [0, 0.1) is 0 Å². The molecule has 0 fully saturated rings. The normalized spacial score (nSPS) is 16.6. The minimum atomic E-state index is -0.274. The Morgan fingerprint density at radius 2 is 2.04 bits per heavy atom. The second-order valence-corrected chi connectivity index (χ2v) is 7.13. The Morgan fingerprint density at radius 3 is 2.73 bits per heavy atom. The van der Waals surface area contributed by atoms with Crippen molar-refractivity contribution in [2.24, 2.45) is 5.73 Å². The third kappa shape index (κ3) is 2.66. The molecule has 4 rings (SSSR count). The number of hydrogen-bond donors (Lipinski definition) is 2. The number of benzene rings is 2. The van der Waals surface area contributed by atoms with Gasteiger partial charge in [0.1, 0.15) is 5.75 Å². The molecule has 1 aromatic heterocycles. The molecule has 134 valence electrons. The summed E-state index contributed by atoms with van der Waals surface area (Å²) in [5.41, 5.74) is 11.2. The number of nitrogens with zero attached hydrogens (tertiary/aromatic N) is 1. The number of fused-ring (bicyclic) bond motifs is 3. The molecule has 1 amide bonds. The highest BCUT2D eigenvalue weighted by Gasteiger charge is 2.31. The van der Waals surface area contributed by atoms with E-state index < -0.39 is 0 Å². The smallest absolute Gasteiger partial charge is 0.225 e. The number of aromatic hydroxyl groups is 1. The minimum Gasteiger partial charge on any atom is -0.508 e. The lowest BCUT2D eigenvalue weighted by Crippen LogP contribution is -2.25. The third-order valence-electron chi connectivity index (χ3n) is 5.58. The number of nitrogens with two attached hydrogens (primary N) is 1. The zero-order valence-electron chi connectivity index (χ0n) is 15.0. The first-order valence-electron chi connectivity index (χ1n) is 9.30. The fourth-order valence-electron chi connectivity index (χ4n) is 4.30. The van der Waals surface area contributed by atoms with Gasteiger partial charge >= 0.3 is 0 Å². The summed E-state index contributed by atoms with van der Waals surface area (Å²) >= 11 is 0. The maximum atomic E-state index is 12.1. The highest BCUT2D eigenvalue weighted by molar-refractivity contribution is 5.94. The van der Waals surface area contributed by atoms with Crippen LogP contribution in [0.3, 0.4) is 0 Å². The summed E-state index contributed by atoms with van der Waals surface area (Å²) < 4.78 is 2.31. The summed E-state index contributed by atoms with van der Waals surface area (Å²) in [5, 5.41) is 11.4. The molecule has 0 saturated heterocycles. The lowest BCUT2D eigenvalue weighted by Gasteiger charge is -2.22. The van der Waals surface area contributed by atoms with Gasteiger partial charge in [-0.05, 0) is 54.5 Å². The SMILES string of the molecule is CCc1cc2c(cc1O)c1c(n2Cc2ccccc2)CCC[C@@H]1C(N)=O. The van der Waals surface area contributed by atoms with Crippen LogP contribution in [0.4, 0.5) is 0 Å². The van der Waals surface area contributed by atoms with E-state index in [0.29, 0.717) is 5.75 Å². The van der Waals surface area contributed by atoms with Crippen LogP contribution in [0.25, 0.3) is 10.9 Å². The van der Waals surface area contributed by atoms with Crippen molar-refractivity contribution < 1.29 is 9.90 Å². The summed E-state index contributed by atoms with van der Waals surface area (Å²) in [4.78, 5) is 12.1. The molecule has 0 radical (unpaired) electrons. The molecule has 0 saturated carbocycles. The third-order valence-corrected chi connectivity index (χ3v) is 5.58. The van der Waals surface area contributed by atoms with Crippen LogP contribution in [0.5, 0.6) is 5.75 Å². The van der Waals surface area contributed by atoms with Crippen molar-refractivity contribution in [1.29, 1.82) is 0 Å². The summed E-state index contributed by atoms with van der Waals surface area (Å²) in [6.45, 7) is 2.80. The van der Waals surface area contributed by atoms with Gasteiger partial charge in [-0.1, -0.05) is 37.3 Å². The van der Waals surface area contributed by atoms with Gasteiger partial charge in [0.05, 0.1) is 5.92 Å². The number of primary amides is 1. The molecule has 3 aromatic rings. The van der Waals surface area contributed by atoms with Crippen LogP contribution in [-0.4, -0.2) is 15.6 Å². The van der Waals surface area contributed by atoms with Crippen LogP contribution < -0.4 is 5.73 Å². The largest absolute Gasteiger partial charge is 0.508 e. The molecule has 0 spiro atoms. The van der Waals surface area contributed by atoms with Crippen LogP contribution >= 0.6 is 0 Å². The van der Waals surface area contributed by atoms with Gasteiger partial charge in [-0.15, -0.1) is 0 Å². The number of amides is 1. The predicted octanol–water partition coefficient (Wildman–Crippen LogP) is 3.86. The van der Waals surface area contributed by atoms with E-state index in [1.54, 1.807) is 0 Å². The topological polar surface area (TPSA) is 68.2 Å². The molecule has 3 N–H and O–H groups in total. The van der Waals surface area contributed by atoms with Gasteiger partial charge < -0.3 is 15.4 Å². The van der Waals surface area contributed by atoms with E-state index in [1.165, 1.54) is 11.3 Å². The van der Waals surface area contributed by atoms with Crippen molar-refractivity contribution in [2.75, 3.05) is 0 Å². The molecule has 0 unspecified atom stereocenters. The lowest BCUT2D eigenvalue weighted by atomic mass is 9.84. The maximum Gasteiger partial charge on any atom is 0.225 e. The first-order valence-corrected chi connectivity index (χ1v) is 9.30. The van der Waals surface area contributed by atoms with E-state index in [4.69, 9.17) is 5.73 Å². The van der Waals surface area contributed by atoms with Crippen molar-refractivity contribution in [2.45, 2.75) is 45.1 Å². The Balaban J connectivity index is 1.98. The van der Waals surface area contributed by atoms with Crippen LogP contribution in [0.15, 0.2) is 42.5 Å². The fraction of sp³-hybridized carbons (Fsp3) is 0.318. The number of aromatic nitrogens is 1. The number of phenols is 1. The minimum absolute atomic E-state index is 0.273. The van der Waals surface area contributed by atoms with Gasteiger partial charge in [-0.2, -0.15) is 0 Å². The molecule has 0 aliphatic heterocycles. The van der Waals surface area contributed by atoms with Crippen LogP contribution in [-0.2, 0) is 24.2 Å². The highest BCUT2D eigenvalue weighted by Crippen LogP contribution is 2.41. The Morgan fingerprint density at radius 1 is 1.27 bits per heavy atom. The average molecular weight is 348 g/mol. The molecule has 0 bridgehead atoms. The fourth-order valence-corrected chi connectivity index (χ4v) is 4.30. The molecule has 2 aromatic carbocycles. The maximum absolute atomic E-state index is 12.1. The monoisotopic (exact) mass is 348 g/mol. The molecular formula is C22H24N2O2. The van der Waals surface area contributed by atoms with Gasteiger partial charge in [0.15, 0.2) is 0 Å². The van der Waals surface area contributed by atoms with Gasteiger partial charge in [0.2, 0.25) is 5.91 Å². The first-order chi connectivity index (χ1) is 12.6. The number of carbonyl (C=O) groups excluding carboxylic acids is 1. The van der Waals surface area contributed by atoms with Crippen LogP contribution in [0.2, 0.25) is 0 Å². The van der Waals surface area contributed by atoms with Crippen LogP contribution in [0.1, 0.15) is 48.1 Å². The molecule has 1 atom stereocenters. The van der Waals surface area contributed by atoms with E-state index in [0.717, 1.165) is 54.3 Å². The second kappa shape index (κ2) is 6.52. The van der Waals surface area contributed by atoms with Gasteiger partial charge in [0.25, 0.3) is 0 Å². The molecule has 26 heavy (non-hydrogen) atoms. The molecular weight excluding hydrogens is 324 g/mol. The molecule has 4 nitrogen and oxygen atoms in total. The van der Waals surface area contributed by atoms with Gasteiger partial charge in [-0.3, -0.25) is 4.79 Å². The van der Waals surface area contributed by atoms with Crippen molar-refractivity contribution >= 4 is 16.8 Å². The zero-order chi connectivity index (χ0) is 18.3. The number of hydrogen-bond acceptors (Lipinski definition) is 2. The van der Waals surface area contributed by atoms with E-state index in [9.17, 15) is 9.90 Å². The second-order valence-electron chi connectivity index (χ2n) is 7.13. The van der Waals surface area contributed by atoms with E-state index in [2.05, 4.69) is 22.8 Å². The number of phenolic OH excluding ortho intramolecular Hbond substituents is 1. The van der Waals surface area contributed by atoms with Crippen molar-refractivity contribution in [3.8, 4) is 5.75 Å².